The molecular weight excluding hydrogens is 544 g/mol. The number of terminal acetylenes is 1. The highest BCUT2D eigenvalue weighted by Crippen LogP contribution is 2.40. The van der Waals surface area contributed by atoms with E-state index in [4.69, 9.17) is 30.1 Å². The van der Waals surface area contributed by atoms with Crippen LogP contribution in [-0.4, -0.2) is 67.8 Å². The Hall–Kier alpha value is -4.14. The van der Waals surface area contributed by atoms with E-state index in [2.05, 4.69) is 22.3 Å². The quantitative estimate of drug-likeness (QED) is 0.128. The van der Waals surface area contributed by atoms with Crippen LogP contribution in [0.3, 0.4) is 0 Å². The molecule has 0 fully saturated rings. The van der Waals surface area contributed by atoms with E-state index in [1.807, 2.05) is 12.1 Å². The fourth-order valence-corrected chi connectivity index (χ4v) is 4.12. The molecule has 0 aliphatic carbocycles. The molecule has 219 valence electrons. The molecule has 0 N–H and O–H groups in total. The van der Waals surface area contributed by atoms with E-state index in [9.17, 15) is 8.78 Å². The van der Waals surface area contributed by atoms with E-state index in [1.165, 1.54) is 24.3 Å². The van der Waals surface area contributed by atoms with E-state index in [1.54, 1.807) is 47.3 Å². The Morgan fingerprint density at radius 1 is 0.762 bits per heavy atom. The van der Waals surface area contributed by atoms with Crippen molar-refractivity contribution in [3.8, 4) is 18.1 Å². The van der Waals surface area contributed by atoms with Crippen molar-refractivity contribution in [2.45, 2.75) is 12.1 Å². The second kappa shape index (κ2) is 16.3. The SMILES string of the molecule is C#CCOCCOCCOCCOCCn1cc(C(Oc2[c]cccc2)(c2ccc(F)cc2)c2ccc(F)cc2)nn1. The Bertz CT molecular complexity index is 1330. The molecule has 8 nitrogen and oxygen atoms in total. The summed E-state index contributed by atoms with van der Waals surface area (Å²) in [6, 6.07) is 22.0. The monoisotopic (exact) mass is 576 g/mol. The molecule has 42 heavy (non-hydrogen) atoms. The van der Waals surface area contributed by atoms with Crippen molar-refractivity contribution in [3.05, 3.63) is 114 Å². The van der Waals surface area contributed by atoms with E-state index in [0.29, 0.717) is 75.4 Å². The van der Waals surface area contributed by atoms with Crippen LogP contribution >= 0.6 is 0 Å². The Balaban J connectivity index is 1.40. The highest BCUT2D eigenvalue weighted by molar-refractivity contribution is 5.46. The van der Waals surface area contributed by atoms with Gasteiger partial charge >= 0.3 is 0 Å². The lowest BCUT2D eigenvalue weighted by molar-refractivity contribution is 0.000195. The summed E-state index contributed by atoms with van der Waals surface area (Å²) >= 11 is 0. The van der Waals surface area contributed by atoms with Gasteiger partial charge in [-0.3, -0.25) is 0 Å². The molecule has 0 aliphatic heterocycles. The first-order valence-electron chi connectivity index (χ1n) is 13.4. The van der Waals surface area contributed by atoms with Crippen molar-refractivity contribution in [1.29, 1.82) is 0 Å². The highest BCUT2D eigenvalue weighted by atomic mass is 19.1. The number of ether oxygens (including phenoxy) is 5. The van der Waals surface area contributed by atoms with Crippen LogP contribution in [0.25, 0.3) is 0 Å². The minimum atomic E-state index is -1.37. The highest BCUT2D eigenvalue weighted by Gasteiger charge is 2.42. The van der Waals surface area contributed by atoms with Crippen LogP contribution < -0.4 is 4.74 Å². The number of para-hydroxylation sites is 1. The molecule has 0 aliphatic rings. The summed E-state index contributed by atoms with van der Waals surface area (Å²) < 4.78 is 57.8. The number of benzene rings is 3. The van der Waals surface area contributed by atoms with Crippen molar-refractivity contribution < 1.29 is 32.5 Å². The maximum Gasteiger partial charge on any atom is 0.204 e. The van der Waals surface area contributed by atoms with E-state index in [-0.39, 0.29) is 6.61 Å². The molecule has 4 rings (SSSR count). The van der Waals surface area contributed by atoms with Gasteiger partial charge in [0.25, 0.3) is 0 Å². The predicted molar refractivity (Wildman–Crippen MR) is 151 cm³/mol. The number of aromatic nitrogens is 3. The molecule has 0 bridgehead atoms. The van der Waals surface area contributed by atoms with Crippen LogP contribution in [0.2, 0.25) is 0 Å². The topological polar surface area (TPSA) is 76.9 Å². The molecule has 10 heteroatoms. The average molecular weight is 577 g/mol. The summed E-state index contributed by atoms with van der Waals surface area (Å²) in [5.74, 6) is 2.01. The fourth-order valence-electron chi connectivity index (χ4n) is 4.12. The van der Waals surface area contributed by atoms with Crippen molar-refractivity contribution in [3.63, 3.8) is 0 Å². The predicted octanol–water partition coefficient (Wildman–Crippen LogP) is 4.43. The van der Waals surface area contributed by atoms with Gasteiger partial charge in [-0.2, -0.15) is 0 Å². The first kappa shape index (κ1) is 30.8. The number of hydrogen-bond donors (Lipinski definition) is 0. The van der Waals surface area contributed by atoms with E-state index < -0.39 is 17.2 Å². The molecule has 1 aromatic heterocycles. The van der Waals surface area contributed by atoms with Crippen LogP contribution in [0.4, 0.5) is 8.78 Å². The lowest BCUT2D eigenvalue weighted by atomic mass is 9.83. The molecule has 3 aromatic carbocycles. The number of halogens is 2. The minimum absolute atomic E-state index is 0.274. The van der Waals surface area contributed by atoms with Gasteiger partial charge in [-0.05, 0) is 30.3 Å². The maximum absolute atomic E-state index is 14.0. The van der Waals surface area contributed by atoms with Crippen LogP contribution in [0, 0.1) is 30.0 Å². The molecule has 0 saturated carbocycles. The smallest absolute Gasteiger partial charge is 0.204 e. The molecule has 0 amide bonds. The second-order valence-corrected chi connectivity index (χ2v) is 8.98. The number of nitrogens with zero attached hydrogens (tertiary/aromatic N) is 3. The Kier molecular flexibility index (Phi) is 12.0. The summed E-state index contributed by atoms with van der Waals surface area (Å²) in [6.45, 7) is 3.66. The first-order valence-corrected chi connectivity index (χ1v) is 13.4. The summed E-state index contributed by atoms with van der Waals surface area (Å²) in [6.07, 6.45) is 6.84. The molecule has 4 aromatic rings. The molecule has 1 radical (unpaired) electrons. The molecule has 0 saturated heterocycles. The van der Waals surface area contributed by atoms with Crippen LogP contribution in [-0.2, 0) is 31.1 Å². The zero-order valence-corrected chi connectivity index (χ0v) is 23.1. The van der Waals surface area contributed by atoms with Gasteiger partial charge in [0.15, 0.2) is 0 Å². The van der Waals surface area contributed by atoms with Gasteiger partial charge in [0, 0.05) is 17.2 Å². The Morgan fingerprint density at radius 2 is 1.33 bits per heavy atom. The van der Waals surface area contributed by atoms with Gasteiger partial charge in [-0.1, -0.05) is 53.6 Å². The second-order valence-electron chi connectivity index (χ2n) is 8.98. The van der Waals surface area contributed by atoms with Crippen molar-refractivity contribution >= 4 is 0 Å². The summed E-state index contributed by atoms with van der Waals surface area (Å²) in [7, 11) is 0. The summed E-state index contributed by atoms with van der Waals surface area (Å²) in [5, 5.41) is 8.72. The molecule has 0 atom stereocenters. The van der Waals surface area contributed by atoms with Gasteiger partial charge < -0.3 is 23.7 Å². The third kappa shape index (κ3) is 8.68. The third-order valence-electron chi connectivity index (χ3n) is 6.11. The fraction of sp³-hybridized carbons (Fsp3) is 0.312. The van der Waals surface area contributed by atoms with Gasteiger partial charge in [0.05, 0.1) is 59.0 Å². The molecule has 1 heterocycles. The standard InChI is InChI=1S/C32H32F2N3O5/c1-2-17-38-19-21-40-23-24-41-22-20-39-18-16-37-25-31(35-36-37)32(26-8-12-28(33)13-9-26,27-10-14-29(34)15-11-27)42-30-6-4-3-5-7-30/h1,3-6,8-15,25H,16-24H2. The summed E-state index contributed by atoms with van der Waals surface area (Å²) in [4.78, 5) is 0. The largest absolute Gasteiger partial charge is 0.471 e. The maximum atomic E-state index is 14.0. The Labute approximate surface area is 244 Å². The lowest BCUT2D eigenvalue weighted by Crippen LogP contribution is -2.36. The van der Waals surface area contributed by atoms with E-state index in [0.717, 1.165) is 0 Å². The number of rotatable bonds is 18. The molecule has 0 unspecified atom stereocenters. The first-order chi connectivity index (χ1) is 20.6. The van der Waals surface area contributed by atoms with Crippen LogP contribution in [0.15, 0.2) is 79.0 Å². The van der Waals surface area contributed by atoms with Gasteiger partial charge in [0.2, 0.25) is 5.60 Å². The third-order valence-corrected chi connectivity index (χ3v) is 6.11. The zero-order valence-electron chi connectivity index (χ0n) is 23.1. The van der Waals surface area contributed by atoms with Crippen LogP contribution in [0.5, 0.6) is 5.75 Å². The normalized spacial score (nSPS) is 11.4. The lowest BCUT2D eigenvalue weighted by Gasteiger charge is -2.34. The van der Waals surface area contributed by atoms with Gasteiger partial charge in [-0.15, -0.1) is 11.5 Å². The number of hydrogen-bond acceptors (Lipinski definition) is 7. The zero-order chi connectivity index (χ0) is 29.5. The van der Waals surface area contributed by atoms with Gasteiger partial charge in [-0.25, -0.2) is 13.5 Å². The van der Waals surface area contributed by atoms with Gasteiger partial charge in [0.1, 0.15) is 29.7 Å². The Morgan fingerprint density at radius 3 is 1.88 bits per heavy atom. The average Bonchev–Trinajstić information content (AvgIpc) is 3.49. The van der Waals surface area contributed by atoms with Crippen molar-refractivity contribution in [2.24, 2.45) is 0 Å². The molecule has 0 spiro atoms. The van der Waals surface area contributed by atoms with Crippen LogP contribution in [0.1, 0.15) is 16.8 Å². The molecular formula is C32H32F2N3O5. The summed E-state index contributed by atoms with van der Waals surface area (Å²) in [5.41, 5.74) is 0.211. The van der Waals surface area contributed by atoms with Crippen molar-refractivity contribution in [1.82, 2.24) is 15.0 Å². The minimum Gasteiger partial charge on any atom is -0.471 e. The van der Waals surface area contributed by atoms with E-state index >= 15 is 0 Å². The van der Waals surface area contributed by atoms with Crippen molar-refractivity contribution in [2.75, 3.05) is 52.9 Å².